The van der Waals surface area contributed by atoms with E-state index in [-0.39, 0.29) is 31.1 Å². The van der Waals surface area contributed by atoms with Crippen LogP contribution >= 0.6 is 0 Å². The number of hydrogen-bond donors (Lipinski definition) is 0. The minimum atomic E-state index is -0.778. The maximum absolute atomic E-state index is 12.9. The first-order valence-corrected chi connectivity index (χ1v) is 35.7. The van der Waals surface area contributed by atoms with Gasteiger partial charge in [-0.2, -0.15) is 0 Å². The molecule has 0 aromatic rings. The van der Waals surface area contributed by atoms with Crippen LogP contribution in [0.15, 0.2) is 97.2 Å². The number of unbranched alkanes of at least 4 members (excludes halogenated alkanes) is 38. The molecule has 1 unspecified atom stereocenters. The molecule has 1 atom stereocenters. The summed E-state index contributed by atoms with van der Waals surface area (Å²) in [4.78, 5) is 38.4. The molecule has 0 bridgehead atoms. The number of esters is 3. The predicted molar refractivity (Wildman–Crippen MR) is 362 cm³/mol. The molecular weight excluding hydrogens is 1020 g/mol. The molecule has 0 aromatic heterocycles. The molecule has 0 heterocycles. The van der Waals surface area contributed by atoms with Crippen LogP contribution in [0.4, 0.5) is 0 Å². The minimum Gasteiger partial charge on any atom is -0.462 e. The summed E-state index contributed by atoms with van der Waals surface area (Å²) in [7, 11) is 0. The zero-order chi connectivity index (χ0) is 59.9. The number of ether oxygens (including phenoxy) is 3. The molecule has 0 saturated carbocycles. The summed E-state index contributed by atoms with van der Waals surface area (Å²) in [6.45, 7) is 6.55. The van der Waals surface area contributed by atoms with Gasteiger partial charge in [-0.15, -0.1) is 0 Å². The average Bonchev–Trinajstić information content (AvgIpc) is 3.48. The second kappa shape index (κ2) is 70.8. The Hall–Kier alpha value is -3.67. The molecule has 0 aliphatic carbocycles. The van der Waals surface area contributed by atoms with Crippen molar-refractivity contribution in [3.63, 3.8) is 0 Å². The van der Waals surface area contributed by atoms with Gasteiger partial charge < -0.3 is 14.2 Å². The van der Waals surface area contributed by atoms with Crippen molar-refractivity contribution in [2.24, 2.45) is 0 Å². The summed E-state index contributed by atoms with van der Waals surface area (Å²) in [5.74, 6) is -0.862. The molecule has 0 N–H and O–H groups in total. The van der Waals surface area contributed by atoms with Gasteiger partial charge in [-0.3, -0.25) is 14.4 Å². The van der Waals surface area contributed by atoms with Crippen LogP contribution in [0, 0.1) is 0 Å². The van der Waals surface area contributed by atoms with Gasteiger partial charge in [0.05, 0.1) is 0 Å². The first-order valence-electron chi connectivity index (χ1n) is 35.7. The number of carbonyl (C=O) groups excluding carboxylic acids is 3. The van der Waals surface area contributed by atoms with Crippen molar-refractivity contribution in [2.75, 3.05) is 13.2 Å². The molecular formula is C77H134O6. The van der Waals surface area contributed by atoms with Gasteiger partial charge in [0, 0.05) is 19.3 Å². The Labute approximate surface area is 515 Å². The van der Waals surface area contributed by atoms with Crippen molar-refractivity contribution in [1.82, 2.24) is 0 Å². The number of allylic oxidation sites excluding steroid dienone is 16. The lowest BCUT2D eigenvalue weighted by Gasteiger charge is -2.18. The van der Waals surface area contributed by atoms with Gasteiger partial charge in [0.15, 0.2) is 6.10 Å². The molecule has 0 amide bonds. The van der Waals surface area contributed by atoms with Gasteiger partial charge in [0.1, 0.15) is 13.2 Å². The van der Waals surface area contributed by atoms with E-state index >= 15 is 0 Å². The van der Waals surface area contributed by atoms with E-state index < -0.39 is 6.10 Å². The zero-order valence-corrected chi connectivity index (χ0v) is 54.9. The SMILES string of the molecule is CC/C=C\C/C=C\C/C=C\C/C=C\C/C=C\C/C=C\CCCCCCCCCCCCCCC(=O)OCC(COC(=O)CCCCCCCCCCCCC)OC(=O)CCCCCCCCCCCCC/C=C\C/C=C\CCCCCCC. The van der Waals surface area contributed by atoms with E-state index in [9.17, 15) is 14.4 Å². The Morgan fingerprint density at radius 2 is 0.470 bits per heavy atom. The molecule has 0 radical (unpaired) electrons. The maximum Gasteiger partial charge on any atom is 0.306 e. The summed E-state index contributed by atoms with van der Waals surface area (Å²) in [5.41, 5.74) is 0. The fraction of sp³-hybridized carbons (Fsp3) is 0.753. The fourth-order valence-electron chi connectivity index (χ4n) is 10.2. The van der Waals surface area contributed by atoms with Crippen molar-refractivity contribution in [1.29, 1.82) is 0 Å². The van der Waals surface area contributed by atoms with E-state index in [0.29, 0.717) is 19.3 Å². The van der Waals surface area contributed by atoms with E-state index in [1.807, 2.05) is 0 Å². The average molecular weight is 1160 g/mol. The lowest BCUT2D eigenvalue weighted by atomic mass is 10.0. The molecule has 0 aliphatic heterocycles. The lowest BCUT2D eigenvalue weighted by Crippen LogP contribution is -2.30. The fourth-order valence-corrected chi connectivity index (χ4v) is 10.2. The predicted octanol–water partition coefficient (Wildman–Crippen LogP) is 24.8. The van der Waals surface area contributed by atoms with Crippen molar-refractivity contribution in [3.05, 3.63) is 97.2 Å². The first-order chi connectivity index (χ1) is 41.0. The third kappa shape index (κ3) is 69.0. The maximum atomic E-state index is 12.9. The normalized spacial score (nSPS) is 12.7. The molecule has 0 saturated heterocycles. The highest BCUT2D eigenvalue weighted by atomic mass is 16.6. The van der Waals surface area contributed by atoms with E-state index in [1.165, 1.54) is 212 Å². The smallest absolute Gasteiger partial charge is 0.306 e. The Morgan fingerprint density at radius 3 is 0.735 bits per heavy atom. The molecule has 478 valence electrons. The van der Waals surface area contributed by atoms with Crippen LogP contribution in [0.2, 0.25) is 0 Å². The van der Waals surface area contributed by atoms with E-state index in [1.54, 1.807) is 0 Å². The monoisotopic (exact) mass is 1160 g/mol. The van der Waals surface area contributed by atoms with E-state index in [2.05, 4.69) is 118 Å². The van der Waals surface area contributed by atoms with Gasteiger partial charge in [-0.1, -0.05) is 330 Å². The summed E-state index contributed by atoms with van der Waals surface area (Å²) in [5, 5.41) is 0. The van der Waals surface area contributed by atoms with E-state index in [4.69, 9.17) is 14.2 Å². The molecule has 0 rings (SSSR count). The minimum absolute atomic E-state index is 0.0742. The Bertz CT molecular complexity index is 1610. The summed E-state index contributed by atoms with van der Waals surface area (Å²) in [6, 6.07) is 0. The highest BCUT2D eigenvalue weighted by Gasteiger charge is 2.19. The number of rotatable bonds is 65. The van der Waals surface area contributed by atoms with Crippen LogP contribution in [0.25, 0.3) is 0 Å². The van der Waals surface area contributed by atoms with E-state index in [0.717, 1.165) is 103 Å². The first kappa shape index (κ1) is 79.3. The second-order valence-electron chi connectivity index (χ2n) is 23.8. The van der Waals surface area contributed by atoms with Crippen LogP contribution in [-0.4, -0.2) is 37.2 Å². The third-order valence-electron chi connectivity index (χ3n) is 15.6. The van der Waals surface area contributed by atoms with Crippen LogP contribution in [0.3, 0.4) is 0 Å². The standard InChI is InChI=1S/C77H134O6/c1-4-7-10-13-16-19-22-24-26-28-30-32-34-35-36-37-38-39-40-41-43-44-46-48-50-52-55-58-61-64-67-70-76(79)82-73-74(72-81-75(78)69-66-63-60-57-54-21-18-15-12-9-6-3)83-77(80)71-68-65-62-59-56-53-51-49-47-45-42-33-31-29-27-25-23-20-17-14-11-8-5-2/h7,10,16,19,23-26,29-32,35-36,38-39,74H,4-6,8-9,11-15,17-18,20-22,27-28,33-34,37,40-73H2,1-3H3/b10-7-,19-16-,25-23-,26-24-,31-29-,32-30-,36-35-,39-38-. The van der Waals surface area contributed by atoms with Crippen molar-refractivity contribution in [3.8, 4) is 0 Å². The molecule has 0 aliphatic rings. The quantitative estimate of drug-likeness (QED) is 0.0261. The Balaban J connectivity index is 4.21. The topological polar surface area (TPSA) is 78.9 Å². The molecule has 0 fully saturated rings. The second-order valence-corrected chi connectivity index (χ2v) is 23.8. The van der Waals surface area contributed by atoms with Gasteiger partial charge in [0.2, 0.25) is 0 Å². The van der Waals surface area contributed by atoms with Crippen LogP contribution in [0.5, 0.6) is 0 Å². The summed E-state index contributed by atoms with van der Waals surface area (Å²) in [6.07, 6.45) is 95.8. The highest BCUT2D eigenvalue weighted by Crippen LogP contribution is 2.17. The molecule has 6 nitrogen and oxygen atoms in total. The Morgan fingerprint density at radius 1 is 0.253 bits per heavy atom. The van der Waals surface area contributed by atoms with Crippen molar-refractivity contribution < 1.29 is 28.6 Å². The Kier molecular flexibility index (Phi) is 67.7. The van der Waals surface area contributed by atoms with Gasteiger partial charge in [-0.05, 0) is 103 Å². The van der Waals surface area contributed by atoms with Gasteiger partial charge >= 0.3 is 17.9 Å². The molecule has 83 heavy (non-hydrogen) atoms. The molecule has 0 spiro atoms. The summed E-state index contributed by atoms with van der Waals surface area (Å²) < 4.78 is 17.0. The third-order valence-corrected chi connectivity index (χ3v) is 15.6. The molecule has 6 heteroatoms. The van der Waals surface area contributed by atoms with Crippen LogP contribution in [0.1, 0.15) is 355 Å². The van der Waals surface area contributed by atoms with Crippen molar-refractivity contribution >= 4 is 17.9 Å². The number of hydrogen-bond acceptors (Lipinski definition) is 6. The molecule has 0 aromatic carbocycles. The largest absolute Gasteiger partial charge is 0.462 e. The van der Waals surface area contributed by atoms with Crippen molar-refractivity contribution in [2.45, 2.75) is 361 Å². The van der Waals surface area contributed by atoms with Gasteiger partial charge in [0.25, 0.3) is 0 Å². The van der Waals surface area contributed by atoms with Gasteiger partial charge in [-0.25, -0.2) is 0 Å². The zero-order valence-electron chi connectivity index (χ0n) is 54.9. The highest BCUT2D eigenvalue weighted by molar-refractivity contribution is 5.71. The number of carbonyl (C=O) groups is 3. The lowest BCUT2D eigenvalue weighted by molar-refractivity contribution is -0.167. The van der Waals surface area contributed by atoms with Crippen LogP contribution < -0.4 is 0 Å². The summed E-state index contributed by atoms with van der Waals surface area (Å²) >= 11 is 0. The van der Waals surface area contributed by atoms with Crippen LogP contribution in [-0.2, 0) is 28.6 Å².